The van der Waals surface area contributed by atoms with Crippen molar-refractivity contribution >= 4 is 17.7 Å². The van der Waals surface area contributed by atoms with E-state index in [2.05, 4.69) is 16.2 Å². The third-order valence-electron chi connectivity index (χ3n) is 3.05. The number of carbonyl (C=O) groups excluding carboxylic acids is 3. The second-order valence-electron chi connectivity index (χ2n) is 4.97. The largest absolute Gasteiger partial charge is 0.345 e. The molecule has 1 aromatic carbocycles. The lowest BCUT2D eigenvalue weighted by Gasteiger charge is -2.09. The lowest BCUT2D eigenvalue weighted by atomic mass is 10.1. The van der Waals surface area contributed by atoms with Crippen LogP contribution in [-0.4, -0.2) is 23.8 Å². The fourth-order valence-electron chi connectivity index (χ4n) is 1.70. The molecule has 0 saturated heterocycles. The van der Waals surface area contributed by atoms with Crippen molar-refractivity contribution in [1.82, 2.24) is 16.2 Å². The summed E-state index contributed by atoms with van der Waals surface area (Å²) < 4.78 is 0. The standard InChI is InChI=1S/C14H17N3O3/c1-8-3-4-9(2)11(7-8)12(18)16-17-14(20)13(19)15-10-5-6-10/h3-4,7,10H,5-6H2,1-2H3,(H,15,19)(H,16,18)(H,17,20). The Kier molecular flexibility index (Phi) is 4.02. The van der Waals surface area contributed by atoms with Gasteiger partial charge in [-0.05, 0) is 38.3 Å². The predicted octanol–water partition coefficient (Wildman–Crippen LogP) is 0.343. The second kappa shape index (κ2) is 5.73. The summed E-state index contributed by atoms with van der Waals surface area (Å²) >= 11 is 0. The number of aryl methyl sites for hydroxylation is 2. The van der Waals surface area contributed by atoms with Crippen molar-refractivity contribution in [2.75, 3.05) is 0 Å². The van der Waals surface area contributed by atoms with Gasteiger partial charge in [0.25, 0.3) is 5.91 Å². The van der Waals surface area contributed by atoms with Crippen molar-refractivity contribution in [3.8, 4) is 0 Å². The number of benzene rings is 1. The Hall–Kier alpha value is -2.37. The average Bonchev–Trinajstić information content (AvgIpc) is 3.22. The van der Waals surface area contributed by atoms with Gasteiger partial charge in [-0.15, -0.1) is 0 Å². The van der Waals surface area contributed by atoms with Gasteiger partial charge in [0.2, 0.25) is 0 Å². The van der Waals surface area contributed by atoms with Crippen molar-refractivity contribution < 1.29 is 14.4 Å². The van der Waals surface area contributed by atoms with Gasteiger partial charge in [0.05, 0.1) is 0 Å². The maximum Gasteiger partial charge on any atom is 0.327 e. The summed E-state index contributed by atoms with van der Waals surface area (Å²) in [6.45, 7) is 3.67. The quantitative estimate of drug-likeness (QED) is 0.537. The molecule has 0 unspecified atom stereocenters. The van der Waals surface area contributed by atoms with E-state index in [1.165, 1.54) is 0 Å². The number of hydrogen-bond donors (Lipinski definition) is 3. The lowest BCUT2D eigenvalue weighted by Crippen LogP contribution is -2.49. The van der Waals surface area contributed by atoms with Crippen LogP contribution in [0.2, 0.25) is 0 Å². The molecule has 0 atom stereocenters. The number of amides is 3. The highest BCUT2D eigenvalue weighted by Crippen LogP contribution is 2.18. The van der Waals surface area contributed by atoms with Crippen molar-refractivity contribution in [3.05, 3.63) is 34.9 Å². The summed E-state index contributed by atoms with van der Waals surface area (Å²) in [6.07, 6.45) is 1.79. The number of nitrogens with one attached hydrogen (secondary N) is 3. The van der Waals surface area contributed by atoms with Crippen LogP contribution in [-0.2, 0) is 9.59 Å². The van der Waals surface area contributed by atoms with Crippen molar-refractivity contribution in [2.24, 2.45) is 0 Å². The smallest absolute Gasteiger partial charge is 0.327 e. The molecule has 3 N–H and O–H groups in total. The van der Waals surface area contributed by atoms with E-state index in [4.69, 9.17) is 0 Å². The number of hydrogen-bond acceptors (Lipinski definition) is 3. The molecule has 0 bridgehead atoms. The molecule has 0 radical (unpaired) electrons. The van der Waals surface area contributed by atoms with Gasteiger partial charge in [-0.25, -0.2) is 0 Å². The van der Waals surface area contributed by atoms with Gasteiger partial charge in [0.15, 0.2) is 0 Å². The Morgan fingerprint density at radius 1 is 1.05 bits per heavy atom. The maximum absolute atomic E-state index is 11.9. The highest BCUT2D eigenvalue weighted by atomic mass is 16.2. The van der Waals surface area contributed by atoms with E-state index < -0.39 is 17.7 Å². The van der Waals surface area contributed by atoms with Crippen LogP contribution >= 0.6 is 0 Å². The second-order valence-corrected chi connectivity index (χ2v) is 4.97. The third-order valence-corrected chi connectivity index (χ3v) is 3.05. The van der Waals surface area contributed by atoms with E-state index >= 15 is 0 Å². The van der Waals surface area contributed by atoms with Gasteiger partial charge in [-0.1, -0.05) is 17.7 Å². The zero-order valence-electron chi connectivity index (χ0n) is 11.4. The highest BCUT2D eigenvalue weighted by Gasteiger charge is 2.26. The predicted molar refractivity (Wildman–Crippen MR) is 72.7 cm³/mol. The minimum Gasteiger partial charge on any atom is -0.345 e. The molecule has 2 rings (SSSR count). The molecule has 3 amide bonds. The van der Waals surface area contributed by atoms with Gasteiger partial charge in [0, 0.05) is 11.6 Å². The van der Waals surface area contributed by atoms with Crippen LogP contribution in [0.1, 0.15) is 34.3 Å². The number of hydrazine groups is 1. The molecule has 1 fully saturated rings. The Balaban J connectivity index is 1.89. The molecular formula is C14H17N3O3. The van der Waals surface area contributed by atoms with Gasteiger partial charge in [-0.2, -0.15) is 0 Å². The lowest BCUT2D eigenvalue weighted by molar-refractivity contribution is -0.139. The van der Waals surface area contributed by atoms with Crippen LogP contribution in [0, 0.1) is 13.8 Å². The van der Waals surface area contributed by atoms with Crippen LogP contribution in [0.25, 0.3) is 0 Å². The van der Waals surface area contributed by atoms with Crippen LogP contribution in [0.15, 0.2) is 18.2 Å². The van der Waals surface area contributed by atoms with Crippen LogP contribution in [0.4, 0.5) is 0 Å². The van der Waals surface area contributed by atoms with Gasteiger partial charge >= 0.3 is 11.8 Å². The monoisotopic (exact) mass is 275 g/mol. The summed E-state index contributed by atoms with van der Waals surface area (Å²) in [5.41, 5.74) is 6.56. The maximum atomic E-state index is 11.9. The molecule has 1 saturated carbocycles. The summed E-state index contributed by atoms with van der Waals surface area (Å²) in [4.78, 5) is 34.8. The van der Waals surface area contributed by atoms with E-state index in [9.17, 15) is 14.4 Å². The molecule has 1 aliphatic carbocycles. The highest BCUT2D eigenvalue weighted by molar-refractivity contribution is 6.35. The van der Waals surface area contributed by atoms with E-state index in [1.54, 1.807) is 13.0 Å². The zero-order valence-corrected chi connectivity index (χ0v) is 11.4. The Morgan fingerprint density at radius 3 is 2.40 bits per heavy atom. The van der Waals surface area contributed by atoms with Gasteiger partial charge < -0.3 is 5.32 Å². The van der Waals surface area contributed by atoms with Crippen LogP contribution in [0.3, 0.4) is 0 Å². The van der Waals surface area contributed by atoms with E-state index in [-0.39, 0.29) is 6.04 Å². The summed E-state index contributed by atoms with van der Waals surface area (Å²) in [7, 11) is 0. The zero-order chi connectivity index (χ0) is 14.7. The average molecular weight is 275 g/mol. The fourth-order valence-corrected chi connectivity index (χ4v) is 1.70. The molecule has 6 nitrogen and oxygen atoms in total. The van der Waals surface area contributed by atoms with Crippen LogP contribution in [0.5, 0.6) is 0 Å². The molecule has 0 spiro atoms. The Bertz CT molecular complexity index is 565. The van der Waals surface area contributed by atoms with Crippen molar-refractivity contribution in [3.63, 3.8) is 0 Å². The SMILES string of the molecule is Cc1ccc(C)c(C(=O)NNC(=O)C(=O)NC2CC2)c1. The summed E-state index contributed by atoms with van der Waals surface area (Å²) in [5.74, 6) is -2.04. The number of carbonyl (C=O) groups is 3. The molecule has 1 aliphatic rings. The van der Waals surface area contributed by atoms with E-state index in [1.807, 2.05) is 19.1 Å². The van der Waals surface area contributed by atoms with E-state index in [0.717, 1.165) is 24.0 Å². The topological polar surface area (TPSA) is 87.3 Å². The van der Waals surface area contributed by atoms with Crippen LogP contribution < -0.4 is 16.2 Å². The first-order valence-electron chi connectivity index (χ1n) is 6.46. The normalized spacial score (nSPS) is 13.5. The molecule has 0 aliphatic heterocycles. The molecule has 1 aromatic rings. The minimum atomic E-state index is -0.865. The summed E-state index contributed by atoms with van der Waals surface area (Å²) in [5, 5.41) is 2.54. The van der Waals surface area contributed by atoms with Gasteiger partial charge in [-0.3, -0.25) is 25.2 Å². The molecule has 106 valence electrons. The summed E-state index contributed by atoms with van der Waals surface area (Å²) in [6, 6.07) is 5.55. The molecule has 6 heteroatoms. The third kappa shape index (κ3) is 3.57. The Morgan fingerprint density at radius 2 is 1.75 bits per heavy atom. The Labute approximate surface area is 116 Å². The first kappa shape index (κ1) is 14.0. The fraction of sp³-hybridized carbons (Fsp3) is 0.357. The molecular weight excluding hydrogens is 258 g/mol. The first-order valence-corrected chi connectivity index (χ1v) is 6.46. The van der Waals surface area contributed by atoms with E-state index in [0.29, 0.717) is 5.56 Å². The van der Waals surface area contributed by atoms with Gasteiger partial charge in [0.1, 0.15) is 0 Å². The van der Waals surface area contributed by atoms with Crippen molar-refractivity contribution in [1.29, 1.82) is 0 Å². The molecule has 0 aromatic heterocycles. The number of rotatable bonds is 2. The molecule has 0 heterocycles. The van der Waals surface area contributed by atoms with Crippen molar-refractivity contribution in [2.45, 2.75) is 32.7 Å². The molecule has 20 heavy (non-hydrogen) atoms. The first-order chi connectivity index (χ1) is 9.47. The minimum absolute atomic E-state index is 0.1000.